The summed E-state index contributed by atoms with van der Waals surface area (Å²) in [5.41, 5.74) is 8.87. The van der Waals surface area contributed by atoms with Crippen molar-refractivity contribution < 1.29 is 9.90 Å². The molecule has 0 aromatic heterocycles. The van der Waals surface area contributed by atoms with E-state index in [0.29, 0.717) is 6.42 Å². The van der Waals surface area contributed by atoms with Crippen molar-refractivity contribution in [1.82, 2.24) is 0 Å². The molecule has 1 aliphatic heterocycles. The lowest BCUT2D eigenvalue weighted by molar-refractivity contribution is -0.137. The second-order valence-electron chi connectivity index (χ2n) is 7.89. The van der Waals surface area contributed by atoms with Gasteiger partial charge < -0.3 is 10.0 Å². The van der Waals surface area contributed by atoms with E-state index in [4.69, 9.17) is 5.26 Å². The van der Waals surface area contributed by atoms with Gasteiger partial charge in [0, 0.05) is 30.4 Å². The van der Waals surface area contributed by atoms with E-state index in [9.17, 15) is 9.90 Å². The number of rotatable bonds is 4. The zero-order valence-electron chi connectivity index (χ0n) is 17.4. The Balaban J connectivity index is 1.96. The van der Waals surface area contributed by atoms with Crippen LogP contribution in [0.5, 0.6) is 0 Å². The van der Waals surface area contributed by atoms with Gasteiger partial charge in [-0.3, -0.25) is 4.79 Å². The molecule has 0 bridgehead atoms. The molecule has 3 aromatic rings. The zero-order chi connectivity index (χ0) is 21.4. The normalized spacial score (nSPS) is 14.6. The average molecular weight is 396 g/mol. The number of nitrogens with zero attached hydrogens (tertiary/aromatic N) is 2. The first kappa shape index (κ1) is 19.7. The molecule has 0 saturated carbocycles. The number of benzene rings is 3. The zero-order valence-corrected chi connectivity index (χ0v) is 17.4. The number of carboxylic acid groups (broad SMARTS) is 1. The van der Waals surface area contributed by atoms with Crippen molar-refractivity contribution in [2.24, 2.45) is 0 Å². The van der Waals surface area contributed by atoms with E-state index in [1.807, 2.05) is 49.5 Å². The van der Waals surface area contributed by atoms with Crippen LogP contribution in [0.15, 0.2) is 54.6 Å². The van der Waals surface area contributed by atoms with E-state index in [1.165, 1.54) is 0 Å². The molecule has 4 rings (SSSR count). The minimum absolute atomic E-state index is 0.488. The van der Waals surface area contributed by atoms with Gasteiger partial charge in [-0.15, -0.1) is 0 Å². The van der Waals surface area contributed by atoms with Crippen LogP contribution in [-0.4, -0.2) is 18.1 Å². The summed E-state index contributed by atoms with van der Waals surface area (Å²) in [7, 11) is 1.99. The Morgan fingerprint density at radius 3 is 2.40 bits per heavy atom. The lowest BCUT2D eigenvalue weighted by atomic mass is 9.79. The molecule has 1 N–H and O–H groups in total. The maximum atomic E-state index is 12.5. The lowest BCUT2D eigenvalue weighted by Crippen LogP contribution is -2.26. The summed E-state index contributed by atoms with van der Waals surface area (Å²) in [6.07, 6.45) is 1.21. The average Bonchev–Trinajstić information content (AvgIpc) is 2.72. The largest absolute Gasteiger partial charge is 0.481 e. The molecule has 0 radical (unpaired) electrons. The van der Waals surface area contributed by atoms with Crippen LogP contribution >= 0.6 is 0 Å². The van der Waals surface area contributed by atoms with Crippen molar-refractivity contribution in [3.05, 3.63) is 82.4 Å². The van der Waals surface area contributed by atoms with Crippen LogP contribution < -0.4 is 4.90 Å². The quantitative estimate of drug-likeness (QED) is 0.612. The van der Waals surface area contributed by atoms with E-state index >= 15 is 0 Å². The molecule has 1 unspecified atom stereocenters. The van der Waals surface area contributed by atoms with Crippen molar-refractivity contribution in [2.45, 2.75) is 32.6 Å². The van der Waals surface area contributed by atoms with Gasteiger partial charge in [0.25, 0.3) is 0 Å². The number of hydrogen-bond acceptors (Lipinski definition) is 3. The first-order valence-corrected chi connectivity index (χ1v) is 10.1. The van der Waals surface area contributed by atoms with Crippen molar-refractivity contribution >= 4 is 17.3 Å². The molecule has 150 valence electrons. The lowest BCUT2D eigenvalue weighted by Gasteiger charge is -2.35. The van der Waals surface area contributed by atoms with E-state index < -0.39 is 11.9 Å². The molecule has 4 nitrogen and oxygen atoms in total. The number of anilines is 2. The first-order valence-electron chi connectivity index (χ1n) is 10.1. The van der Waals surface area contributed by atoms with Crippen molar-refractivity contribution in [3.8, 4) is 17.2 Å². The molecule has 30 heavy (non-hydrogen) atoms. The van der Waals surface area contributed by atoms with Crippen LogP contribution in [0.1, 0.15) is 40.2 Å². The van der Waals surface area contributed by atoms with E-state index in [-0.39, 0.29) is 0 Å². The van der Waals surface area contributed by atoms with Gasteiger partial charge in [-0.05, 0) is 65.8 Å². The smallest absolute Gasteiger partial charge is 0.315 e. The van der Waals surface area contributed by atoms with E-state index in [2.05, 4.69) is 36.9 Å². The molecule has 4 heteroatoms. The molecular formula is C26H24N2O2. The van der Waals surface area contributed by atoms with Gasteiger partial charge in [-0.25, -0.2) is 0 Å². The predicted molar refractivity (Wildman–Crippen MR) is 119 cm³/mol. The topological polar surface area (TPSA) is 64.3 Å². The third kappa shape index (κ3) is 3.13. The number of carboxylic acids is 1. The van der Waals surface area contributed by atoms with E-state index in [0.717, 1.165) is 56.7 Å². The molecule has 0 spiro atoms. The summed E-state index contributed by atoms with van der Waals surface area (Å²) in [5.74, 6) is -1.56. The minimum Gasteiger partial charge on any atom is -0.481 e. The number of hydrogen-bond donors (Lipinski definition) is 1. The van der Waals surface area contributed by atoms with Gasteiger partial charge in [0.2, 0.25) is 0 Å². The second-order valence-corrected chi connectivity index (χ2v) is 7.89. The molecule has 1 heterocycles. The van der Waals surface area contributed by atoms with Gasteiger partial charge >= 0.3 is 5.97 Å². The Morgan fingerprint density at radius 1 is 1.07 bits per heavy atom. The van der Waals surface area contributed by atoms with Crippen LogP contribution in [0, 0.1) is 25.2 Å². The molecule has 3 aromatic carbocycles. The molecular weight excluding hydrogens is 372 g/mol. The highest BCUT2D eigenvalue weighted by atomic mass is 16.4. The molecule has 0 aliphatic carbocycles. The summed E-state index contributed by atoms with van der Waals surface area (Å²) in [6.45, 7) is 4.13. The number of fused-ring (bicyclic) bond motifs is 2. The van der Waals surface area contributed by atoms with Crippen molar-refractivity contribution in [1.29, 1.82) is 5.26 Å². The summed E-state index contributed by atoms with van der Waals surface area (Å²) < 4.78 is 0. The summed E-state index contributed by atoms with van der Waals surface area (Å²) in [5, 5.41) is 19.1. The molecule has 0 fully saturated rings. The van der Waals surface area contributed by atoms with Crippen LogP contribution in [0.3, 0.4) is 0 Å². The number of nitriles is 1. The number of aryl methyl sites for hydroxylation is 3. The SMILES string of the molecule is Cc1cc(CCC#N)cc(C)c1-c1cccc2c1C(C(=O)O)c1ccccc1N2C. The fourth-order valence-corrected chi connectivity index (χ4v) is 4.77. The Kier molecular flexibility index (Phi) is 5.05. The molecule has 1 aliphatic rings. The Labute approximate surface area is 177 Å². The summed E-state index contributed by atoms with van der Waals surface area (Å²) >= 11 is 0. The van der Waals surface area contributed by atoms with Crippen LogP contribution in [0.2, 0.25) is 0 Å². The Hall–Kier alpha value is -3.58. The van der Waals surface area contributed by atoms with Crippen LogP contribution in [-0.2, 0) is 11.2 Å². The summed E-state index contributed by atoms with van der Waals surface area (Å²) in [6, 6.07) is 20.2. The molecule has 0 amide bonds. The van der Waals surface area contributed by atoms with Crippen LogP contribution in [0.4, 0.5) is 11.4 Å². The van der Waals surface area contributed by atoms with Crippen molar-refractivity contribution in [3.63, 3.8) is 0 Å². The Morgan fingerprint density at radius 2 is 1.73 bits per heavy atom. The van der Waals surface area contributed by atoms with Crippen molar-refractivity contribution in [2.75, 3.05) is 11.9 Å². The predicted octanol–water partition coefficient (Wildman–Crippen LogP) is 5.72. The number of aliphatic carboxylic acids is 1. The minimum atomic E-state index is -0.842. The fraction of sp³-hybridized carbons (Fsp3) is 0.231. The second kappa shape index (κ2) is 7.68. The highest BCUT2D eigenvalue weighted by Crippen LogP contribution is 2.49. The van der Waals surface area contributed by atoms with Gasteiger partial charge in [0.1, 0.15) is 5.92 Å². The first-order chi connectivity index (χ1) is 14.4. The summed E-state index contributed by atoms with van der Waals surface area (Å²) in [4.78, 5) is 14.5. The van der Waals surface area contributed by atoms with Gasteiger partial charge in [0.15, 0.2) is 0 Å². The highest BCUT2D eigenvalue weighted by molar-refractivity contribution is 5.95. The molecule has 0 saturated heterocycles. The maximum absolute atomic E-state index is 12.5. The maximum Gasteiger partial charge on any atom is 0.315 e. The van der Waals surface area contributed by atoms with E-state index in [1.54, 1.807) is 0 Å². The standard InChI is InChI=1S/C26H24N2O2/c1-16-14-18(8-7-13-27)15-17(2)23(16)20-10-6-12-22-24(20)25(26(29)30)19-9-4-5-11-21(19)28(22)3/h4-6,9-12,14-15,25H,7-8H2,1-3H3,(H,29,30). The molecule has 1 atom stereocenters. The monoisotopic (exact) mass is 396 g/mol. The Bertz CT molecular complexity index is 1170. The van der Waals surface area contributed by atoms with Gasteiger partial charge in [-0.1, -0.05) is 42.5 Å². The third-order valence-corrected chi connectivity index (χ3v) is 5.98. The fourth-order valence-electron chi connectivity index (χ4n) is 4.77. The van der Waals surface area contributed by atoms with Crippen LogP contribution in [0.25, 0.3) is 11.1 Å². The van der Waals surface area contributed by atoms with Gasteiger partial charge in [0.05, 0.1) is 6.07 Å². The third-order valence-electron chi connectivity index (χ3n) is 5.98. The number of carbonyl (C=O) groups is 1. The van der Waals surface area contributed by atoms with Gasteiger partial charge in [-0.2, -0.15) is 5.26 Å². The number of para-hydroxylation sites is 1. The highest BCUT2D eigenvalue weighted by Gasteiger charge is 2.35.